The lowest BCUT2D eigenvalue weighted by atomic mass is 10.0. The number of hydrogen-bond acceptors (Lipinski definition) is 3. The van der Waals surface area contributed by atoms with Crippen LogP contribution in [0.15, 0.2) is 24.4 Å². The number of aliphatic hydroxyl groups excluding tert-OH is 1. The third-order valence-corrected chi connectivity index (χ3v) is 2.08. The number of aliphatic hydroxyl groups is 1. The molecule has 0 saturated heterocycles. The Morgan fingerprint density at radius 1 is 1.64 bits per heavy atom. The summed E-state index contributed by atoms with van der Waals surface area (Å²) in [5, 5.41) is 9.35. The fourth-order valence-corrected chi connectivity index (χ4v) is 1.44. The third-order valence-electron chi connectivity index (χ3n) is 2.08. The molecule has 3 nitrogen and oxygen atoms in total. The molecule has 0 fully saturated rings. The van der Waals surface area contributed by atoms with Gasteiger partial charge in [-0.3, -0.25) is 4.79 Å². The summed E-state index contributed by atoms with van der Waals surface area (Å²) >= 11 is 0. The van der Waals surface area contributed by atoms with Gasteiger partial charge in [0, 0.05) is 12.7 Å². The molecule has 2 unspecified atom stereocenters. The van der Waals surface area contributed by atoms with Gasteiger partial charge in [0.25, 0.3) is 0 Å². The maximum absolute atomic E-state index is 10.9. The van der Waals surface area contributed by atoms with Crippen molar-refractivity contribution in [1.82, 2.24) is 4.90 Å². The summed E-state index contributed by atoms with van der Waals surface area (Å²) < 4.78 is 0. The molecule has 0 bridgehead atoms. The Morgan fingerprint density at radius 3 is 3.27 bits per heavy atom. The summed E-state index contributed by atoms with van der Waals surface area (Å²) in [5.41, 5.74) is 0. The van der Waals surface area contributed by atoms with Crippen LogP contribution in [0, 0.1) is 0 Å². The second-order valence-corrected chi connectivity index (χ2v) is 2.78. The predicted molar refractivity (Wildman–Crippen MR) is 39.8 cm³/mol. The van der Waals surface area contributed by atoms with Crippen molar-refractivity contribution in [2.75, 3.05) is 6.54 Å². The number of carbonyl (C=O) groups is 1. The second kappa shape index (κ2) is 2.20. The van der Waals surface area contributed by atoms with Crippen LogP contribution in [-0.4, -0.2) is 34.5 Å². The van der Waals surface area contributed by atoms with Gasteiger partial charge in [-0.15, -0.1) is 0 Å². The molecule has 1 N–H and O–H groups in total. The molecule has 0 aliphatic carbocycles. The Labute approximate surface area is 64.6 Å². The lowest BCUT2D eigenvalue weighted by Crippen LogP contribution is -2.43. The minimum atomic E-state index is -0.862. The molecule has 0 spiro atoms. The van der Waals surface area contributed by atoms with Gasteiger partial charge in [-0.25, -0.2) is 0 Å². The largest absolute Gasteiger partial charge is 0.382 e. The Bertz CT molecular complexity index is 244. The standard InChI is InChI=1S/C8H9NO2/c10-7-3-5-9-4-1-2-6(9)8(7)11/h1-3,5-6,8,11H,4H2. The zero-order valence-electron chi connectivity index (χ0n) is 5.97. The Kier molecular flexibility index (Phi) is 1.32. The van der Waals surface area contributed by atoms with Crippen molar-refractivity contribution in [3.05, 3.63) is 24.4 Å². The number of rotatable bonds is 0. The lowest BCUT2D eigenvalue weighted by molar-refractivity contribution is -0.125. The highest BCUT2D eigenvalue weighted by Gasteiger charge is 2.31. The molecular weight excluding hydrogens is 142 g/mol. The van der Waals surface area contributed by atoms with Gasteiger partial charge in [0.2, 0.25) is 0 Å². The number of fused-ring (bicyclic) bond motifs is 1. The summed E-state index contributed by atoms with van der Waals surface area (Å²) in [6.45, 7) is 0.797. The number of nitrogens with zero attached hydrogens (tertiary/aromatic N) is 1. The summed E-state index contributed by atoms with van der Waals surface area (Å²) in [7, 11) is 0. The van der Waals surface area contributed by atoms with E-state index in [1.165, 1.54) is 6.08 Å². The smallest absolute Gasteiger partial charge is 0.187 e. The minimum Gasteiger partial charge on any atom is -0.382 e. The van der Waals surface area contributed by atoms with Crippen molar-refractivity contribution in [2.24, 2.45) is 0 Å². The van der Waals surface area contributed by atoms with E-state index in [0.29, 0.717) is 0 Å². The van der Waals surface area contributed by atoms with Crippen LogP contribution in [0.25, 0.3) is 0 Å². The van der Waals surface area contributed by atoms with Gasteiger partial charge in [-0.2, -0.15) is 0 Å². The average Bonchev–Trinajstić information content (AvgIpc) is 2.45. The molecule has 3 heteroatoms. The fraction of sp³-hybridized carbons (Fsp3) is 0.375. The van der Waals surface area contributed by atoms with Crippen LogP contribution in [0.4, 0.5) is 0 Å². The third kappa shape index (κ3) is 0.886. The van der Waals surface area contributed by atoms with Crippen molar-refractivity contribution < 1.29 is 9.90 Å². The maximum Gasteiger partial charge on any atom is 0.187 e. The van der Waals surface area contributed by atoms with Gasteiger partial charge < -0.3 is 10.0 Å². The monoisotopic (exact) mass is 151 g/mol. The van der Waals surface area contributed by atoms with E-state index in [9.17, 15) is 9.90 Å². The van der Waals surface area contributed by atoms with Gasteiger partial charge >= 0.3 is 0 Å². The molecule has 2 atom stereocenters. The quantitative estimate of drug-likeness (QED) is 0.482. The molecule has 0 amide bonds. The molecule has 0 saturated carbocycles. The summed E-state index contributed by atoms with van der Waals surface area (Å²) in [5.74, 6) is -0.196. The first kappa shape index (κ1) is 6.61. The first-order valence-corrected chi connectivity index (χ1v) is 3.61. The Balaban J connectivity index is 2.29. The molecule has 0 aromatic carbocycles. The number of ketones is 1. The molecule has 2 aliphatic heterocycles. The molecule has 2 rings (SSSR count). The minimum absolute atomic E-state index is 0.118. The van der Waals surface area contributed by atoms with E-state index in [-0.39, 0.29) is 11.8 Å². The van der Waals surface area contributed by atoms with E-state index in [1.807, 2.05) is 17.1 Å². The van der Waals surface area contributed by atoms with Gasteiger partial charge in [-0.1, -0.05) is 12.2 Å². The van der Waals surface area contributed by atoms with Gasteiger partial charge in [0.05, 0.1) is 6.04 Å². The SMILES string of the molecule is O=C1C=CN2CC=CC2C1O. The van der Waals surface area contributed by atoms with Crippen LogP contribution in [0.3, 0.4) is 0 Å². The summed E-state index contributed by atoms with van der Waals surface area (Å²) in [6, 6.07) is -0.118. The molecule has 58 valence electrons. The predicted octanol–water partition coefficient (Wildman–Crippen LogP) is -0.316. The highest BCUT2D eigenvalue weighted by Crippen LogP contribution is 2.18. The maximum atomic E-state index is 10.9. The van der Waals surface area contributed by atoms with E-state index in [4.69, 9.17) is 0 Å². The summed E-state index contributed by atoms with van der Waals surface area (Å²) in [6.07, 6.45) is 6.12. The topological polar surface area (TPSA) is 40.5 Å². The van der Waals surface area contributed by atoms with Gasteiger partial charge in [0.15, 0.2) is 5.78 Å². The normalized spacial score (nSPS) is 34.6. The van der Waals surface area contributed by atoms with Crippen LogP contribution in [0.2, 0.25) is 0 Å². The van der Waals surface area contributed by atoms with Crippen LogP contribution in [0.1, 0.15) is 0 Å². The molecule has 2 heterocycles. The van der Waals surface area contributed by atoms with E-state index >= 15 is 0 Å². The van der Waals surface area contributed by atoms with Crippen LogP contribution in [-0.2, 0) is 4.79 Å². The summed E-state index contributed by atoms with van der Waals surface area (Å²) in [4.78, 5) is 12.9. The first-order chi connectivity index (χ1) is 5.29. The van der Waals surface area contributed by atoms with E-state index in [1.54, 1.807) is 6.20 Å². The Morgan fingerprint density at radius 2 is 2.45 bits per heavy atom. The average molecular weight is 151 g/mol. The molecule has 0 aromatic rings. The van der Waals surface area contributed by atoms with Crippen molar-refractivity contribution in [2.45, 2.75) is 12.1 Å². The zero-order valence-corrected chi connectivity index (χ0v) is 5.97. The highest BCUT2D eigenvalue weighted by atomic mass is 16.3. The van der Waals surface area contributed by atoms with E-state index in [0.717, 1.165) is 6.54 Å². The van der Waals surface area contributed by atoms with Gasteiger partial charge in [0.1, 0.15) is 6.10 Å². The molecular formula is C8H9NO2. The van der Waals surface area contributed by atoms with Crippen molar-refractivity contribution in [3.8, 4) is 0 Å². The molecule has 11 heavy (non-hydrogen) atoms. The van der Waals surface area contributed by atoms with Gasteiger partial charge in [-0.05, 0) is 6.08 Å². The highest BCUT2D eigenvalue weighted by molar-refractivity contribution is 5.95. The van der Waals surface area contributed by atoms with Crippen LogP contribution >= 0.6 is 0 Å². The molecule has 2 aliphatic rings. The van der Waals surface area contributed by atoms with Crippen LogP contribution < -0.4 is 0 Å². The van der Waals surface area contributed by atoms with Crippen LogP contribution in [0.5, 0.6) is 0 Å². The zero-order chi connectivity index (χ0) is 7.84. The van der Waals surface area contributed by atoms with E-state index < -0.39 is 6.10 Å². The van der Waals surface area contributed by atoms with Crippen molar-refractivity contribution in [3.63, 3.8) is 0 Å². The first-order valence-electron chi connectivity index (χ1n) is 3.61. The molecule has 0 aromatic heterocycles. The fourth-order valence-electron chi connectivity index (χ4n) is 1.44. The Hall–Kier alpha value is -1.09. The number of hydrogen-bond donors (Lipinski definition) is 1. The lowest BCUT2D eigenvalue weighted by Gasteiger charge is -2.28. The number of carbonyl (C=O) groups excluding carboxylic acids is 1. The van der Waals surface area contributed by atoms with Crippen molar-refractivity contribution in [1.29, 1.82) is 0 Å². The molecule has 0 radical (unpaired) electrons. The second-order valence-electron chi connectivity index (χ2n) is 2.78. The van der Waals surface area contributed by atoms with Crippen molar-refractivity contribution >= 4 is 5.78 Å². The van der Waals surface area contributed by atoms with E-state index in [2.05, 4.69) is 0 Å².